The van der Waals surface area contributed by atoms with Gasteiger partial charge in [-0.3, -0.25) is 0 Å². The fourth-order valence-corrected chi connectivity index (χ4v) is 5.42. The van der Waals surface area contributed by atoms with E-state index in [0.717, 1.165) is 0 Å². The zero-order chi connectivity index (χ0) is 20.3. The summed E-state index contributed by atoms with van der Waals surface area (Å²) in [6.45, 7) is 13.5. The Bertz CT molecular complexity index is 747. The number of benzene rings is 3. The van der Waals surface area contributed by atoms with E-state index in [0.29, 0.717) is 17.8 Å². The van der Waals surface area contributed by atoms with Crippen LogP contribution in [0.15, 0.2) is 87.5 Å². The van der Waals surface area contributed by atoms with Crippen molar-refractivity contribution < 1.29 is 0 Å². The zero-order valence-electron chi connectivity index (χ0n) is 18.1. The van der Waals surface area contributed by atoms with Crippen molar-refractivity contribution in [3.63, 3.8) is 0 Å². The average Bonchev–Trinajstić information content (AvgIpc) is 2.69. The number of hydrogen-bond acceptors (Lipinski definition) is 0. The van der Waals surface area contributed by atoms with E-state index in [9.17, 15) is 0 Å². The molecule has 0 N–H and O–H groups in total. The first-order chi connectivity index (χ1) is 13.4. The minimum atomic E-state index is -0.0791. The summed E-state index contributed by atoms with van der Waals surface area (Å²) in [6, 6.07) is 27.7. The Balaban J connectivity index is 2.04. The highest BCUT2D eigenvalue weighted by Crippen LogP contribution is 2.33. The third-order valence-corrected chi connectivity index (χ3v) is 7.58. The van der Waals surface area contributed by atoms with E-state index in [2.05, 4.69) is 114 Å². The summed E-state index contributed by atoms with van der Waals surface area (Å²) in [6.07, 6.45) is 0. The van der Waals surface area contributed by atoms with Crippen molar-refractivity contribution in [3.05, 3.63) is 89.5 Å². The lowest BCUT2D eigenvalue weighted by molar-refractivity contribution is 0.863. The first-order valence-electron chi connectivity index (χ1n) is 10.4. The van der Waals surface area contributed by atoms with Crippen LogP contribution in [0.4, 0.5) is 0 Å². The minimum absolute atomic E-state index is 0.0791. The van der Waals surface area contributed by atoms with Crippen molar-refractivity contribution in [2.45, 2.75) is 74.0 Å². The molecule has 0 spiro atoms. The molecule has 0 radical (unpaired) electrons. The van der Waals surface area contributed by atoms with Crippen LogP contribution in [0, 0.1) is 0 Å². The molecule has 0 atom stereocenters. The number of rotatable bonds is 6. The molecule has 0 aromatic heterocycles. The van der Waals surface area contributed by atoms with Gasteiger partial charge in [0.2, 0.25) is 0 Å². The maximum absolute atomic E-state index is 2.32. The Morgan fingerprint density at radius 1 is 0.393 bits per heavy atom. The summed E-state index contributed by atoms with van der Waals surface area (Å²) in [4.78, 5) is 4.16. The van der Waals surface area contributed by atoms with E-state index < -0.39 is 0 Å². The van der Waals surface area contributed by atoms with Gasteiger partial charge in [-0.1, -0.05) is 77.9 Å². The van der Waals surface area contributed by atoms with E-state index in [1.54, 1.807) is 0 Å². The molecule has 0 fully saturated rings. The molecule has 0 saturated heterocycles. The van der Waals surface area contributed by atoms with Gasteiger partial charge in [0.05, 0.1) is 10.9 Å². The van der Waals surface area contributed by atoms with Crippen LogP contribution in [0.5, 0.6) is 0 Å². The second-order valence-corrected chi connectivity index (χ2v) is 10.5. The molecule has 0 aliphatic rings. The summed E-state index contributed by atoms with van der Waals surface area (Å²) in [5, 5.41) is 0. The Kier molecular flexibility index (Phi) is 6.67. The van der Waals surface area contributed by atoms with Crippen molar-refractivity contribution in [1.29, 1.82) is 0 Å². The first-order valence-corrected chi connectivity index (χ1v) is 11.6. The Hall–Kier alpha value is -1.99. The van der Waals surface area contributed by atoms with Gasteiger partial charge in [0, 0.05) is 0 Å². The molecule has 0 saturated carbocycles. The van der Waals surface area contributed by atoms with Gasteiger partial charge in [0.15, 0.2) is 14.7 Å². The molecule has 28 heavy (non-hydrogen) atoms. The summed E-state index contributed by atoms with van der Waals surface area (Å²) in [5.41, 5.74) is 4.20. The van der Waals surface area contributed by atoms with Crippen LogP contribution in [-0.2, 0) is 10.9 Å². The highest BCUT2D eigenvalue weighted by atomic mass is 32.2. The smallest absolute Gasteiger partial charge is 0.0587 e. The van der Waals surface area contributed by atoms with Crippen LogP contribution in [-0.4, -0.2) is 0 Å². The maximum Gasteiger partial charge on any atom is 0.166 e. The van der Waals surface area contributed by atoms with Gasteiger partial charge in [-0.05, 0) is 70.8 Å². The van der Waals surface area contributed by atoms with Gasteiger partial charge in [-0.15, -0.1) is 0 Å². The summed E-state index contributed by atoms with van der Waals surface area (Å²) in [7, 11) is -0.0791. The molecule has 1 heteroatoms. The zero-order valence-corrected chi connectivity index (χ0v) is 18.9. The quantitative estimate of drug-likeness (QED) is 0.373. The molecule has 0 aliphatic carbocycles. The largest absolute Gasteiger partial charge is 0.166 e. The van der Waals surface area contributed by atoms with E-state index in [1.807, 2.05) is 0 Å². The van der Waals surface area contributed by atoms with E-state index >= 15 is 0 Å². The monoisotopic (exact) mass is 389 g/mol. The van der Waals surface area contributed by atoms with Gasteiger partial charge < -0.3 is 0 Å². The molecule has 3 aromatic rings. The molecule has 0 aliphatic heterocycles. The van der Waals surface area contributed by atoms with Crippen molar-refractivity contribution in [3.8, 4) is 0 Å². The summed E-state index contributed by atoms with van der Waals surface area (Å²) >= 11 is 0. The summed E-state index contributed by atoms with van der Waals surface area (Å²) in [5.74, 6) is 1.68. The van der Waals surface area contributed by atoms with Crippen molar-refractivity contribution in [1.82, 2.24) is 0 Å². The molecule has 0 heterocycles. The second kappa shape index (κ2) is 9.01. The van der Waals surface area contributed by atoms with Crippen LogP contribution < -0.4 is 0 Å². The van der Waals surface area contributed by atoms with Crippen molar-refractivity contribution >= 4 is 10.9 Å². The Labute approximate surface area is 174 Å². The van der Waals surface area contributed by atoms with E-state index in [-0.39, 0.29) is 10.9 Å². The predicted octanol–water partition coefficient (Wildman–Crippen LogP) is 8.15. The normalized spacial score (nSPS) is 11.8. The molecule has 3 rings (SSSR count). The van der Waals surface area contributed by atoms with E-state index in [4.69, 9.17) is 0 Å². The molecular formula is C27H33S+. The molecule has 0 bridgehead atoms. The van der Waals surface area contributed by atoms with Crippen LogP contribution >= 0.6 is 0 Å². The molecule has 3 aromatic carbocycles. The third kappa shape index (κ3) is 4.70. The van der Waals surface area contributed by atoms with Crippen molar-refractivity contribution in [2.75, 3.05) is 0 Å². The fourth-order valence-electron chi connectivity index (χ4n) is 3.37. The molecule has 0 unspecified atom stereocenters. The van der Waals surface area contributed by atoms with E-state index in [1.165, 1.54) is 31.4 Å². The highest BCUT2D eigenvalue weighted by Gasteiger charge is 2.29. The first kappa shape index (κ1) is 20.7. The molecule has 0 nitrogen and oxygen atoms in total. The van der Waals surface area contributed by atoms with Crippen LogP contribution in [0.3, 0.4) is 0 Å². The predicted molar refractivity (Wildman–Crippen MR) is 124 cm³/mol. The Morgan fingerprint density at radius 3 is 0.786 bits per heavy atom. The average molecular weight is 390 g/mol. The van der Waals surface area contributed by atoms with Gasteiger partial charge >= 0.3 is 0 Å². The number of hydrogen-bond donors (Lipinski definition) is 0. The molecule has 146 valence electrons. The molecular weight excluding hydrogens is 356 g/mol. The SMILES string of the molecule is CC(C)c1ccc([S+](c2ccc(C(C)C)cc2)c2ccc(C(C)C)cc2)cc1. The van der Waals surface area contributed by atoms with Crippen LogP contribution in [0.1, 0.15) is 76.0 Å². The van der Waals surface area contributed by atoms with Crippen LogP contribution in [0.25, 0.3) is 0 Å². The van der Waals surface area contributed by atoms with Crippen molar-refractivity contribution in [2.24, 2.45) is 0 Å². The van der Waals surface area contributed by atoms with Gasteiger partial charge in [-0.25, -0.2) is 0 Å². The highest BCUT2D eigenvalue weighted by molar-refractivity contribution is 7.97. The third-order valence-electron chi connectivity index (χ3n) is 5.35. The minimum Gasteiger partial charge on any atom is -0.0587 e. The fraction of sp³-hybridized carbons (Fsp3) is 0.333. The van der Waals surface area contributed by atoms with Gasteiger partial charge in [0.1, 0.15) is 0 Å². The Morgan fingerprint density at radius 2 is 0.607 bits per heavy atom. The van der Waals surface area contributed by atoms with Gasteiger partial charge in [-0.2, -0.15) is 0 Å². The van der Waals surface area contributed by atoms with Gasteiger partial charge in [0.25, 0.3) is 0 Å². The lowest BCUT2D eigenvalue weighted by Gasteiger charge is -2.12. The topological polar surface area (TPSA) is 0 Å². The summed E-state index contributed by atoms with van der Waals surface area (Å²) < 4.78 is 0. The second-order valence-electron chi connectivity index (χ2n) is 8.48. The lowest BCUT2D eigenvalue weighted by Crippen LogP contribution is -2.06. The maximum atomic E-state index is 2.32. The standard InChI is InChI=1S/C27H33S/c1-19(2)22-7-13-25(14-8-22)28(26-15-9-23(10-16-26)20(3)4)27-17-11-24(12-18-27)21(5)6/h7-21H,1-6H3/q+1. The lowest BCUT2D eigenvalue weighted by atomic mass is 10.0. The van der Waals surface area contributed by atoms with Crippen LogP contribution in [0.2, 0.25) is 0 Å². The molecule has 0 amide bonds.